The molecule has 0 saturated carbocycles. The fraction of sp³-hybridized carbons (Fsp3) is 0.214. The lowest BCUT2D eigenvalue weighted by atomic mass is 10.1. The molecule has 0 aliphatic carbocycles. The first-order valence-corrected chi connectivity index (χ1v) is 11.6. The van der Waals surface area contributed by atoms with Crippen LogP contribution in [0.2, 0.25) is 0 Å². The molecule has 3 aromatic carbocycles. The molecule has 0 bridgehead atoms. The highest BCUT2D eigenvalue weighted by Crippen LogP contribution is 2.18. The van der Waals surface area contributed by atoms with Gasteiger partial charge in [0.1, 0.15) is 0 Å². The molecule has 0 fully saturated rings. The van der Waals surface area contributed by atoms with Crippen LogP contribution in [0.3, 0.4) is 0 Å². The predicted octanol–water partition coefficient (Wildman–Crippen LogP) is 4.29. The van der Waals surface area contributed by atoms with Gasteiger partial charge in [0, 0.05) is 11.3 Å². The fourth-order valence-electron chi connectivity index (χ4n) is 3.39. The van der Waals surface area contributed by atoms with Gasteiger partial charge in [-0.3, -0.25) is 9.59 Å². The lowest BCUT2D eigenvalue weighted by Gasteiger charge is -2.22. The molecule has 2 amide bonds. The van der Waals surface area contributed by atoms with E-state index in [-0.39, 0.29) is 13.0 Å². The summed E-state index contributed by atoms with van der Waals surface area (Å²) < 4.78 is 10.5. The number of carbonyl (C=O) groups excluding carboxylic acids is 4. The van der Waals surface area contributed by atoms with E-state index < -0.39 is 35.9 Å². The second kappa shape index (κ2) is 12.9. The number of rotatable bonds is 10. The van der Waals surface area contributed by atoms with Crippen molar-refractivity contribution in [1.29, 1.82) is 0 Å². The third-order valence-corrected chi connectivity index (χ3v) is 5.27. The van der Waals surface area contributed by atoms with Gasteiger partial charge in [-0.2, -0.15) is 0 Å². The Morgan fingerprint density at radius 3 is 1.97 bits per heavy atom. The van der Waals surface area contributed by atoms with Crippen molar-refractivity contribution in [2.45, 2.75) is 32.4 Å². The third kappa shape index (κ3) is 7.02. The van der Waals surface area contributed by atoms with E-state index in [9.17, 15) is 19.2 Å². The SMILES string of the molecule is CCOC(=O)c1ccc(NC(=O)C(CC)OC(=O)C(NC(=O)c2ccccc2)c2ccccc2)cc1. The lowest BCUT2D eigenvalue weighted by molar-refractivity contribution is -0.156. The number of hydrogen-bond donors (Lipinski definition) is 2. The molecule has 2 unspecified atom stereocenters. The molecule has 3 aromatic rings. The Labute approximate surface area is 209 Å². The fourth-order valence-corrected chi connectivity index (χ4v) is 3.39. The smallest absolute Gasteiger partial charge is 0.338 e. The summed E-state index contributed by atoms with van der Waals surface area (Å²) in [5, 5.41) is 5.39. The molecular weight excluding hydrogens is 460 g/mol. The second-order valence-corrected chi connectivity index (χ2v) is 7.80. The van der Waals surface area contributed by atoms with Gasteiger partial charge >= 0.3 is 11.9 Å². The van der Waals surface area contributed by atoms with Crippen LogP contribution in [-0.2, 0) is 19.1 Å². The Balaban J connectivity index is 1.71. The minimum Gasteiger partial charge on any atom is -0.462 e. The molecule has 186 valence electrons. The number of anilines is 1. The van der Waals surface area contributed by atoms with Gasteiger partial charge < -0.3 is 20.1 Å². The van der Waals surface area contributed by atoms with E-state index in [1.54, 1.807) is 86.6 Å². The van der Waals surface area contributed by atoms with Gasteiger partial charge in [-0.15, -0.1) is 0 Å². The van der Waals surface area contributed by atoms with Crippen molar-refractivity contribution in [3.8, 4) is 0 Å². The first kappa shape index (κ1) is 26.2. The van der Waals surface area contributed by atoms with Crippen LogP contribution in [0.5, 0.6) is 0 Å². The van der Waals surface area contributed by atoms with Crippen LogP contribution in [0.25, 0.3) is 0 Å². The van der Waals surface area contributed by atoms with Crippen LogP contribution < -0.4 is 10.6 Å². The highest BCUT2D eigenvalue weighted by molar-refractivity contribution is 5.99. The Morgan fingerprint density at radius 2 is 1.39 bits per heavy atom. The third-order valence-electron chi connectivity index (χ3n) is 5.27. The van der Waals surface area contributed by atoms with E-state index >= 15 is 0 Å². The summed E-state index contributed by atoms with van der Waals surface area (Å²) >= 11 is 0. The minimum atomic E-state index is -1.11. The van der Waals surface area contributed by atoms with Gasteiger partial charge in [-0.1, -0.05) is 55.5 Å². The number of ether oxygens (including phenoxy) is 2. The Bertz CT molecular complexity index is 1180. The normalized spacial score (nSPS) is 12.1. The van der Waals surface area contributed by atoms with Gasteiger partial charge in [0.05, 0.1) is 12.2 Å². The summed E-state index contributed by atoms with van der Waals surface area (Å²) in [5.74, 6) is -2.19. The largest absolute Gasteiger partial charge is 0.462 e. The van der Waals surface area contributed by atoms with Crippen LogP contribution in [0, 0.1) is 0 Å². The maximum absolute atomic E-state index is 13.1. The van der Waals surface area contributed by atoms with Crippen molar-refractivity contribution in [3.05, 3.63) is 102 Å². The van der Waals surface area contributed by atoms with Crippen molar-refractivity contribution < 1.29 is 28.7 Å². The maximum Gasteiger partial charge on any atom is 0.338 e. The topological polar surface area (TPSA) is 111 Å². The van der Waals surface area contributed by atoms with Crippen molar-refractivity contribution in [2.75, 3.05) is 11.9 Å². The summed E-state index contributed by atoms with van der Waals surface area (Å²) in [6, 6.07) is 22.3. The van der Waals surface area contributed by atoms with E-state index in [0.717, 1.165) is 0 Å². The standard InChI is InChI=1S/C28H28N2O6/c1-3-23(26(32)29-22-17-15-21(16-18-22)27(33)35-4-2)36-28(34)24(19-11-7-5-8-12-19)30-25(31)20-13-9-6-10-14-20/h5-18,23-24H,3-4H2,1-2H3,(H,29,32)(H,30,31). The number of esters is 2. The van der Waals surface area contributed by atoms with Crippen LogP contribution in [-0.4, -0.2) is 36.5 Å². The molecule has 2 N–H and O–H groups in total. The predicted molar refractivity (Wildman–Crippen MR) is 134 cm³/mol. The summed E-state index contributed by atoms with van der Waals surface area (Å²) in [6.07, 6.45) is -0.880. The summed E-state index contributed by atoms with van der Waals surface area (Å²) in [4.78, 5) is 50.5. The van der Waals surface area contributed by atoms with Crippen LogP contribution >= 0.6 is 0 Å². The highest BCUT2D eigenvalue weighted by atomic mass is 16.6. The minimum absolute atomic E-state index is 0.215. The van der Waals surface area contributed by atoms with E-state index in [1.165, 1.54) is 12.1 Å². The zero-order chi connectivity index (χ0) is 25.9. The van der Waals surface area contributed by atoms with Gasteiger partial charge in [-0.05, 0) is 55.3 Å². The van der Waals surface area contributed by atoms with E-state index in [4.69, 9.17) is 9.47 Å². The van der Waals surface area contributed by atoms with E-state index in [1.807, 2.05) is 0 Å². The first-order chi connectivity index (χ1) is 17.4. The molecule has 0 heterocycles. The number of nitrogens with one attached hydrogen (secondary N) is 2. The summed E-state index contributed by atoms with van der Waals surface area (Å²) in [7, 11) is 0. The number of hydrogen-bond acceptors (Lipinski definition) is 6. The number of carbonyl (C=O) groups is 4. The van der Waals surface area contributed by atoms with Gasteiger partial charge in [0.25, 0.3) is 11.8 Å². The average molecular weight is 489 g/mol. The number of benzene rings is 3. The van der Waals surface area contributed by atoms with Crippen molar-refractivity contribution in [2.24, 2.45) is 0 Å². The molecule has 0 spiro atoms. The van der Waals surface area contributed by atoms with Crippen molar-refractivity contribution in [1.82, 2.24) is 5.32 Å². The molecule has 0 aliphatic heterocycles. The van der Waals surface area contributed by atoms with Crippen LogP contribution in [0.4, 0.5) is 5.69 Å². The zero-order valence-corrected chi connectivity index (χ0v) is 20.1. The highest BCUT2D eigenvalue weighted by Gasteiger charge is 2.29. The van der Waals surface area contributed by atoms with Crippen LogP contribution in [0.1, 0.15) is 52.6 Å². The maximum atomic E-state index is 13.1. The average Bonchev–Trinajstić information content (AvgIpc) is 2.91. The molecule has 0 aliphatic rings. The zero-order valence-electron chi connectivity index (χ0n) is 20.1. The number of amides is 2. The molecule has 36 heavy (non-hydrogen) atoms. The lowest BCUT2D eigenvalue weighted by Crippen LogP contribution is -2.39. The molecule has 0 radical (unpaired) electrons. The van der Waals surface area contributed by atoms with Gasteiger partial charge in [0.15, 0.2) is 12.1 Å². The molecule has 2 atom stereocenters. The molecule has 0 aromatic heterocycles. The Morgan fingerprint density at radius 1 is 0.778 bits per heavy atom. The van der Waals surface area contributed by atoms with Crippen LogP contribution in [0.15, 0.2) is 84.9 Å². The molecule has 0 saturated heterocycles. The molecule has 3 rings (SSSR count). The van der Waals surface area contributed by atoms with E-state index in [2.05, 4.69) is 10.6 Å². The molecule has 8 nitrogen and oxygen atoms in total. The monoisotopic (exact) mass is 488 g/mol. The summed E-state index contributed by atoms with van der Waals surface area (Å²) in [6.45, 7) is 3.69. The Kier molecular flexibility index (Phi) is 9.33. The molecule has 8 heteroatoms. The van der Waals surface area contributed by atoms with Gasteiger partial charge in [-0.25, -0.2) is 9.59 Å². The molecular formula is C28H28N2O6. The first-order valence-electron chi connectivity index (χ1n) is 11.6. The van der Waals surface area contributed by atoms with Gasteiger partial charge in [0.2, 0.25) is 0 Å². The quantitative estimate of drug-likeness (QED) is 0.412. The van der Waals surface area contributed by atoms with Crippen molar-refractivity contribution in [3.63, 3.8) is 0 Å². The second-order valence-electron chi connectivity index (χ2n) is 7.80. The Hall–Kier alpha value is -4.46. The van der Waals surface area contributed by atoms with Crippen molar-refractivity contribution >= 4 is 29.4 Å². The summed E-state index contributed by atoms with van der Waals surface area (Å²) in [5.41, 5.74) is 1.70. The van der Waals surface area contributed by atoms with E-state index in [0.29, 0.717) is 22.4 Å².